The molecular weight excluding hydrogens is 674 g/mol. The highest BCUT2D eigenvalue weighted by molar-refractivity contribution is 7.91. The summed E-state index contributed by atoms with van der Waals surface area (Å²) in [7, 11) is -3.23. The van der Waals surface area contributed by atoms with E-state index in [1.165, 1.54) is 18.2 Å². The zero-order chi connectivity index (χ0) is 35.3. The first kappa shape index (κ1) is 35.4. The van der Waals surface area contributed by atoms with Crippen LogP contribution in [-0.4, -0.2) is 65.4 Å². The highest BCUT2D eigenvalue weighted by atomic mass is 32.2. The predicted octanol–water partition coefficient (Wildman–Crippen LogP) is 4.46. The Balaban J connectivity index is 1.34. The van der Waals surface area contributed by atoms with Gasteiger partial charge in [0.2, 0.25) is 5.91 Å². The lowest BCUT2D eigenvalue weighted by atomic mass is 9.96. The average Bonchev–Trinajstić information content (AvgIpc) is 3.61. The second-order valence-electron chi connectivity index (χ2n) is 12.2. The number of carbonyl (C=O) groups is 3. The second-order valence-corrected chi connectivity index (χ2v) is 15.5. The van der Waals surface area contributed by atoms with E-state index in [0.717, 1.165) is 21.8 Å². The molecule has 1 unspecified atom stereocenters. The number of pyridine rings is 1. The number of nitrogens with two attached hydrogens (primary N) is 1. The van der Waals surface area contributed by atoms with Crippen molar-refractivity contribution in [1.29, 1.82) is 0 Å². The van der Waals surface area contributed by atoms with Crippen molar-refractivity contribution in [1.82, 2.24) is 15.2 Å². The fourth-order valence-corrected chi connectivity index (χ4v) is 7.97. The summed E-state index contributed by atoms with van der Waals surface area (Å²) in [5.41, 5.74) is 6.23. The monoisotopic (exact) mass is 709 g/mol. The van der Waals surface area contributed by atoms with Crippen molar-refractivity contribution in [2.45, 2.75) is 45.1 Å². The van der Waals surface area contributed by atoms with Crippen LogP contribution in [0.15, 0.2) is 72.8 Å². The number of nitrogens with zero attached hydrogens (tertiary/aromatic N) is 2. The Kier molecular flexibility index (Phi) is 10.6. The Morgan fingerprint density at radius 2 is 1.86 bits per heavy atom. The highest BCUT2D eigenvalue weighted by Gasteiger charge is 2.30. The number of halogens is 1. The van der Waals surface area contributed by atoms with E-state index in [4.69, 9.17) is 10.5 Å². The molecule has 258 valence electrons. The minimum absolute atomic E-state index is 0.0169. The molecule has 15 heteroatoms. The van der Waals surface area contributed by atoms with E-state index in [2.05, 4.69) is 15.6 Å². The van der Waals surface area contributed by atoms with Crippen LogP contribution < -0.4 is 16.4 Å². The third-order valence-electron chi connectivity index (χ3n) is 7.74. The number of primary amides is 1. The van der Waals surface area contributed by atoms with Gasteiger partial charge in [-0.05, 0) is 55.7 Å². The molecule has 0 aliphatic carbocycles. The molecular formula is C34H36FN5O7S2. The Morgan fingerprint density at radius 3 is 2.51 bits per heavy atom. The van der Waals surface area contributed by atoms with Crippen LogP contribution in [0.1, 0.15) is 47.4 Å². The Bertz CT molecular complexity index is 1960. The highest BCUT2D eigenvalue weighted by Crippen LogP contribution is 2.38. The number of hydrogen-bond acceptors (Lipinski definition) is 10. The van der Waals surface area contributed by atoms with Crippen LogP contribution in [-0.2, 0) is 38.1 Å². The summed E-state index contributed by atoms with van der Waals surface area (Å²) in [6.45, 7) is 2.50. The lowest BCUT2D eigenvalue weighted by Crippen LogP contribution is -2.44. The van der Waals surface area contributed by atoms with E-state index in [1.807, 2.05) is 6.07 Å². The first-order chi connectivity index (χ1) is 23.2. The molecule has 1 aliphatic heterocycles. The van der Waals surface area contributed by atoms with E-state index in [0.29, 0.717) is 21.1 Å². The number of rotatable bonds is 12. The zero-order valence-electron chi connectivity index (χ0n) is 26.8. The first-order valence-electron chi connectivity index (χ1n) is 15.3. The topological polar surface area (TPSA) is 181 Å². The van der Waals surface area contributed by atoms with Crippen LogP contribution in [0.4, 0.5) is 20.0 Å². The van der Waals surface area contributed by atoms with Gasteiger partial charge in [-0.15, -0.1) is 11.3 Å². The van der Waals surface area contributed by atoms with Gasteiger partial charge in [0.25, 0.3) is 5.91 Å². The predicted molar refractivity (Wildman–Crippen MR) is 183 cm³/mol. The average molecular weight is 710 g/mol. The number of aromatic nitrogens is 1. The number of hydrogen-bond donors (Lipinski definition) is 4. The van der Waals surface area contributed by atoms with Crippen LogP contribution in [0.25, 0.3) is 10.4 Å². The van der Waals surface area contributed by atoms with Crippen molar-refractivity contribution < 1.29 is 37.0 Å². The lowest BCUT2D eigenvalue weighted by molar-refractivity contribution is -0.122. The molecule has 5 N–H and O–H groups in total. The second kappa shape index (κ2) is 14.7. The van der Waals surface area contributed by atoms with Gasteiger partial charge in [-0.25, -0.2) is 22.6 Å². The maximum absolute atomic E-state index is 15.1. The van der Waals surface area contributed by atoms with Gasteiger partial charge in [0.15, 0.2) is 9.84 Å². The molecule has 1 aliphatic rings. The molecule has 12 nitrogen and oxygen atoms in total. The molecule has 1 saturated heterocycles. The smallest absolute Gasteiger partial charge is 0.410 e. The van der Waals surface area contributed by atoms with Crippen molar-refractivity contribution in [3.63, 3.8) is 0 Å². The molecule has 3 amide bonds. The number of anilines is 2. The molecule has 1 fully saturated rings. The van der Waals surface area contributed by atoms with Gasteiger partial charge in [0, 0.05) is 16.5 Å². The van der Waals surface area contributed by atoms with Crippen LogP contribution in [0.5, 0.6) is 0 Å². The minimum atomic E-state index is -3.23. The van der Waals surface area contributed by atoms with Crippen LogP contribution in [0, 0.1) is 5.82 Å². The molecule has 5 rings (SSSR count). The summed E-state index contributed by atoms with van der Waals surface area (Å²) in [4.78, 5) is 44.7. The van der Waals surface area contributed by atoms with Crippen molar-refractivity contribution in [3.8, 4) is 10.4 Å². The normalized spacial score (nSPS) is 15.4. The van der Waals surface area contributed by atoms with Gasteiger partial charge in [0.1, 0.15) is 29.8 Å². The number of carbonyl (C=O) groups excluding carboxylic acids is 3. The van der Waals surface area contributed by atoms with E-state index in [-0.39, 0.29) is 48.0 Å². The summed E-state index contributed by atoms with van der Waals surface area (Å²) < 4.78 is 44.3. The third kappa shape index (κ3) is 9.40. The molecule has 0 saturated carbocycles. The van der Waals surface area contributed by atoms with E-state index in [1.54, 1.807) is 62.4 Å². The molecule has 2 aromatic carbocycles. The van der Waals surface area contributed by atoms with Crippen LogP contribution in [0.3, 0.4) is 0 Å². The van der Waals surface area contributed by atoms with Crippen molar-refractivity contribution in [2.24, 2.45) is 5.73 Å². The Hall–Kier alpha value is -4.86. The van der Waals surface area contributed by atoms with E-state index in [9.17, 15) is 27.9 Å². The first-order valence-corrected chi connectivity index (χ1v) is 18.0. The zero-order valence-corrected chi connectivity index (χ0v) is 28.4. The lowest BCUT2D eigenvalue weighted by Gasteiger charge is -2.22. The number of sulfone groups is 1. The van der Waals surface area contributed by atoms with Gasteiger partial charge < -0.3 is 26.2 Å². The fourth-order valence-electron chi connectivity index (χ4n) is 5.20. The van der Waals surface area contributed by atoms with Gasteiger partial charge in [0.05, 0.1) is 34.9 Å². The maximum Gasteiger partial charge on any atom is 0.410 e. The summed E-state index contributed by atoms with van der Waals surface area (Å²) in [6.07, 6.45) is -0.493. The Labute approximate surface area is 287 Å². The molecule has 2 aromatic heterocycles. The molecule has 0 bridgehead atoms. The van der Waals surface area contributed by atoms with Gasteiger partial charge in [-0.3, -0.25) is 14.5 Å². The van der Waals surface area contributed by atoms with Gasteiger partial charge >= 0.3 is 6.09 Å². The number of nitrogens with one attached hydrogen (secondary N) is 2. The number of ether oxygens (including phenoxy) is 1. The summed E-state index contributed by atoms with van der Waals surface area (Å²) in [5.74, 6) is -1.78. The Morgan fingerprint density at radius 1 is 1.10 bits per heavy atom. The third-order valence-corrected chi connectivity index (χ3v) is 10.6. The minimum Gasteiger partial charge on any atom is -0.445 e. The fraction of sp³-hybridized carbons (Fsp3) is 0.294. The SMILES string of the molecule is CC(C)(O)c1ccc(-c2cc(C(N)=O)c(Nc3cccc(CN(CC(=O)NC4CCS(=O)(=O)C4)C(=O)OCc4ccccc4)n3)s2)c(F)c1. The van der Waals surface area contributed by atoms with Crippen molar-refractivity contribution in [2.75, 3.05) is 23.4 Å². The van der Waals surface area contributed by atoms with E-state index >= 15 is 4.39 Å². The number of benzene rings is 2. The van der Waals surface area contributed by atoms with Crippen molar-refractivity contribution in [3.05, 3.63) is 101 Å². The molecule has 4 aromatic rings. The number of amides is 3. The van der Waals surface area contributed by atoms with Crippen molar-refractivity contribution >= 4 is 49.9 Å². The molecule has 0 radical (unpaired) electrons. The van der Waals surface area contributed by atoms with Crippen LogP contribution >= 0.6 is 11.3 Å². The molecule has 3 heterocycles. The van der Waals surface area contributed by atoms with Crippen LogP contribution in [0.2, 0.25) is 0 Å². The molecule has 0 spiro atoms. The summed E-state index contributed by atoms with van der Waals surface area (Å²) in [5, 5.41) is 16.3. The largest absolute Gasteiger partial charge is 0.445 e. The molecule has 1 atom stereocenters. The molecule has 49 heavy (non-hydrogen) atoms. The van der Waals surface area contributed by atoms with Gasteiger partial charge in [-0.1, -0.05) is 48.5 Å². The van der Waals surface area contributed by atoms with Gasteiger partial charge in [-0.2, -0.15) is 0 Å². The number of thiophene rings is 1. The quantitative estimate of drug-likeness (QED) is 0.165. The maximum atomic E-state index is 15.1. The number of aliphatic hydroxyl groups is 1. The standard InChI is InChI=1S/C34H36FN5O7S2/c1-34(2,44)22-11-12-25(27(35)15-22)28-16-26(31(36)42)32(48-28)39-29-10-6-9-23(37-29)17-40(33(43)47-19-21-7-4-3-5-8-21)18-30(41)38-24-13-14-49(45,46)20-24/h3-12,15-16,24,44H,13-14,17-20H2,1-2H3,(H2,36,42)(H,37,39)(H,38,41). The summed E-state index contributed by atoms with van der Waals surface area (Å²) in [6, 6.07) is 19.2. The van der Waals surface area contributed by atoms with E-state index < -0.39 is 51.7 Å². The summed E-state index contributed by atoms with van der Waals surface area (Å²) >= 11 is 1.08.